The molecule has 1 aliphatic carbocycles. The molecule has 62 valence electrons. The molecule has 2 rings (SSSR count). The minimum absolute atomic E-state index is 0.398. The smallest absolute Gasteiger partial charge is 0.1000 e. The van der Waals surface area contributed by atoms with Gasteiger partial charge in [0.1, 0.15) is 0 Å². The van der Waals surface area contributed by atoms with Crippen LogP contribution in [0.1, 0.15) is 32.1 Å². The summed E-state index contributed by atoms with van der Waals surface area (Å²) in [5.74, 6) is 0. The SMILES string of the molecule is C1=C2/CCCC2ONCCC/1. The zero-order valence-electron chi connectivity index (χ0n) is 6.81. The largest absolute Gasteiger partial charge is 0.294 e. The molecule has 1 fully saturated rings. The summed E-state index contributed by atoms with van der Waals surface area (Å²) < 4.78 is 0. The number of hydrogen-bond acceptors (Lipinski definition) is 2. The van der Waals surface area contributed by atoms with Crippen LogP contribution in [0.15, 0.2) is 11.6 Å². The fourth-order valence-corrected chi connectivity index (χ4v) is 1.83. The topological polar surface area (TPSA) is 21.3 Å². The molecule has 0 aromatic carbocycles. The first-order valence-electron chi connectivity index (χ1n) is 4.54. The second-order valence-corrected chi connectivity index (χ2v) is 3.31. The maximum atomic E-state index is 5.49. The zero-order valence-corrected chi connectivity index (χ0v) is 6.81. The predicted molar refractivity (Wildman–Crippen MR) is 44.0 cm³/mol. The van der Waals surface area contributed by atoms with Gasteiger partial charge in [0, 0.05) is 6.54 Å². The Balaban J connectivity index is 2.04. The van der Waals surface area contributed by atoms with Gasteiger partial charge in [0.15, 0.2) is 0 Å². The molecule has 1 atom stereocenters. The molecular formula is C9H15NO. The molecule has 1 saturated carbocycles. The number of allylic oxidation sites excluding steroid dienone is 1. The van der Waals surface area contributed by atoms with Gasteiger partial charge in [-0.2, -0.15) is 0 Å². The van der Waals surface area contributed by atoms with Gasteiger partial charge in [-0.1, -0.05) is 6.08 Å². The van der Waals surface area contributed by atoms with Gasteiger partial charge in [0.05, 0.1) is 6.10 Å². The van der Waals surface area contributed by atoms with Gasteiger partial charge < -0.3 is 0 Å². The molecule has 2 heteroatoms. The Morgan fingerprint density at radius 1 is 1.45 bits per heavy atom. The molecule has 11 heavy (non-hydrogen) atoms. The summed E-state index contributed by atoms with van der Waals surface area (Å²) in [7, 11) is 0. The maximum absolute atomic E-state index is 5.49. The van der Waals surface area contributed by atoms with E-state index in [4.69, 9.17) is 4.84 Å². The average Bonchev–Trinajstić information content (AvgIpc) is 2.35. The van der Waals surface area contributed by atoms with E-state index in [0.717, 1.165) is 6.54 Å². The van der Waals surface area contributed by atoms with Crippen LogP contribution in [-0.2, 0) is 4.84 Å². The second kappa shape index (κ2) is 3.37. The highest BCUT2D eigenvalue weighted by Gasteiger charge is 2.21. The summed E-state index contributed by atoms with van der Waals surface area (Å²) in [5.41, 5.74) is 4.54. The Morgan fingerprint density at radius 2 is 2.45 bits per heavy atom. The molecule has 0 aromatic rings. The van der Waals surface area contributed by atoms with Crippen LogP contribution in [0.4, 0.5) is 0 Å². The van der Waals surface area contributed by atoms with Crippen molar-refractivity contribution in [2.75, 3.05) is 6.54 Å². The van der Waals surface area contributed by atoms with Crippen molar-refractivity contribution in [1.29, 1.82) is 0 Å². The van der Waals surface area contributed by atoms with Crippen LogP contribution in [0, 0.1) is 0 Å². The summed E-state index contributed by atoms with van der Waals surface area (Å²) in [5, 5.41) is 0. The Kier molecular flexibility index (Phi) is 2.24. The van der Waals surface area contributed by atoms with Gasteiger partial charge in [-0.05, 0) is 37.7 Å². The van der Waals surface area contributed by atoms with Gasteiger partial charge in [-0.25, -0.2) is 5.48 Å². The van der Waals surface area contributed by atoms with Crippen LogP contribution in [0.3, 0.4) is 0 Å². The number of nitrogens with one attached hydrogen (secondary N) is 1. The van der Waals surface area contributed by atoms with Crippen LogP contribution in [0.2, 0.25) is 0 Å². The molecule has 1 N–H and O–H groups in total. The first-order valence-corrected chi connectivity index (χ1v) is 4.54. The lowest BCUT2D eigenvalue weighted by Crippen LogP contribution is -2.25. The van der Waals surface area contributed by atoms with Gasteiger partial charge >= 0.3 is 0 Å². The molecule has 0 bridgehead atoms. The zero-order chi connectivity index (χ0) is 7.52. The van der Waals surface area contributed by atoms with Crippen LogP contribution in [0.5, 0.6) is 0 Å². The van der Waals surface area contributed by atoms with E-state index in [1.807, 2.05) is 0 Å². The lowest BCUT2D eigenvalue weighted by molar-refractivity contribution is -0.00428. The Morgan fingerprint density at radius 3 is 3.45 bits per heavy atom. The van der Waals surface area contributed by atoms with E-state index >= 15 is 0 Å². The van der Waals surface area contributed by atoms with Gasteiger partial charge in [0.25, 0.3) is 0 Å². The van der Waals surface area contributed by atoms with E-state index in [2.05, 4.69) is 11.6 Å². The highest BCUT2D eigenvalue weighted by atomic mass is 16.7. The molecule has 2 aliphatic rings. The van der Waals surface area contributed by atoms with Crippen LogP contribution < -0.4 is 5.48 Å². The van der Waals surface area contributed by atoms with Gasteiger partial charge in [-0.3, -0.25) is 4.84 Å². The van der Waals surface area contributed by atoms with E-state index in [9.17, 15) is 0 Å². The van der Waals surface area contributed by atoms with Gasteiger partial charge in [0.2, 0.25) is 0 Å². The molecule has 2 nitrogen and oxygen atoms in total. The molecule has 0 aromatic heterocycles. The van der Waals surface area contributed by atoms with Crippen molar-refractivity contribution >= 4 is 0 Å². The highest BCUT2D eigenvalue weighted by Crippen LogP contribution is 2.28. The highest BCUT2D eigenvalue weighted by molar-refractivity contribution is 5.13. The molecule has 1 unspecified atom stereocenters. The minimum Gasteiger partial charge on any atom is -0.294 e. The second-order valence-electron chi connectivity index (χ2n) is 3.31. The maximum Gasteiger partial charge on any atom is 0.1000 e. The van der Waals surface area contributed by atoms with Crippen molar-refractivity contribution in [3.8, 4) is 0 Å². The summed E-state index contributed by atoms with van der Waals surface area (Å²) >= 11 is 0. The Labute approximate surface area is 67.6 Å². The van der Waals surface area contributed by atoms with Crippen molar-refractivity contribution in [2.24, 2.45) is 0 Å². The van der Waals surface area contributed by atoms with Crippen molar-refractivity contribution < 1.29 is 4.84 Å². The van der Waals surface area contributed by atoms with Crippen molar-refractivity contribution in [3.63, 3.8) is 0 Å². The third kappa shape index (κ3) is 1.63. The molecule has 1 aliphatic heterocycles. The number of hydrogen-bond donors (Lipinski definition) is 1. The first kappa shape index (κ1) is 7.32. The van der Waals surface area contributed by atoms with E-state index in [1.54, 1.807) is 0 Å². The minimum atomic E-state index is 0.398. The third-order valence-corrected chi connectivity index (χ3v) is 2.46. The Bertz CT molecular complexity index is 165. The fourth-order valence-electron chi connectivity index (χ4n) is 1.83. The van der Waals surface area contributed by atoms with Crippen molar-refractivity contribution in [2.45, 2.75) is 38.2 Å². The summed E-state index contributed by atoms with van der Waals surface area (Å²) in [6.07, 6.45) is 8.97. The predicted octanol–water partition coefficient (Wildman–Crippen LogP) is 1.78. The van der Waals surface area contributed by atoms with Crippen molar-refractivity contribution in [3.05, 3.63) is 11.6 Å². The molecule has 0 amide bonds. The van der Waals surface area contributed by atoms with Crippen molar-refractivity contribution in [1.82, 2.24) is 5.48 Å². The fraction of sp³-hybridized carbons (Fsp3) is 0.778. The van der Waals surface area contributed by atoms with E-state index in [-0.39, 0.29) is 0 Å². The number of rotatable bonds is 0. The summed E-state index contributed by atoms with van der Waals surface area (Å²) in [4.78, 5) is 5.49. The normalized spacial score (nSPS) is 36.7. The van der Waals surface area contributed by atoms with E-state index in [0.29, 0.717) is 6.10 Å². The van der Waals surface area contributed by atoms with E-state index in [1.165, 1.54) is 37.7 Å². The Hall–Kier alpha value is -0.340. The lowest BCUT2D eigenvalue weighted by atomic mass is 10.1. The molecule has 1 heterocycles. The standard InChI is InChI=1S/C9H15NO/c1-2-7-10-11-9-6-3-5-8(9)4-1/h4,9-10H,1-3,5-7H2/b8-4-. The quantitative estimate of drug-likeness (QED) is 0.536. The summed E-state index contributed by atoms with van der Waals surface area (Å²) in [6, 6.07) is 0. The molecule has 0 saturated heterocycles. The molecule has 0 spiro atoms. The van der Waals surface area contributed by atoms with Crippen LogP contribution in [0.25, 0.3) is 0 Å². The summed E-state index contributed by atoms with van der Waals surface area (Å²) in [6.45, 7) is 1.00. The monoisotopic (exact) mass is 153 g/mol. The van der Waals surface area contributed by atoms with Crippen LogP contribution >= 0.6 is 0 Å². The lowest BCUT2D eigenvalue weighted by Gasteiger charge is -2.16. The number of fused-ring (bicyclic) bond motifs is 1. The molecule has 0 radical (unpaired) electrons. The number of hydroxylamine groups is 1. The third-order valence-electron chi connectivity index (χ3n) is 2.46. The molecular weight excluding hydrogens is 138 g/mol. The van der Waals surface area contributed by atoms with Gasteiger partial charge in [-0.15, -0.1) is 0 Å². The van der Waals surface area contributed by atoms with E-state index < -0.39 is 0 Å². The first-order chi connectivity index (χ1) is 5.47. The average molecular weight is 153 g/mol. The van der Waals surface area contributed by atoms with Crippen LogP contribution in [-0.4, -0.2) is 12.6 Å².